The number of hydrogen-bond acceptors (Lipinski definition) is 5. The first kappa shape index (κ1) is 24.0. The van der Waals surface area contributed by atoms with Gasteiger partial charge >= 0.3 is 5.97 Å². The zero-order chi connectivity index (χ0) is 20.1. The van der Waals surface area contributed by atoms with E-state index in [0.29, 0.717) is 13.1 Å². The molecule has 1 aromatic heterocycles. The van der Waals surface area contributed by atoms with Gasteiger partial charge in [-0.25, -0.2) is 0 Å². The Kier molecular flexibility index (Phi) is 9.26. The third-order valence-corrected chi connectivity index (χ3v) is 5.84. The fourth-order valence-corrected chi connectivity index (χ4v) is 4.27. The number of carbonyl (C=O) groups excluding carboxylic acids is 1. The summed E-state index contributed by atoms with van der Waals surface area (Å²) in [6.07, 6.45) is 2.45. The standard InChI is InChI=1S/C21H34N4O3.HI/c1-5-22-21(25-13-15(2)17(14-25)20(26)27-4)23-12-18(24-10-6-7-11-24)19-9-8-16(3)28-19;/h8-9,15,17-18H,5-7,10-14H2,1-4H3,(H,22,23);1H. The normalized spacial score (nSPS) is 23.7. The number of carbonyl (C=O) groups is 1. The number of methoxy groups -OCH3 is 1. The molecule has 7 nitrogen and oxygen atoms in total. The Bertz CT molecular complexity index is 687. The van der Waals surface area contributed by atoms with E-state index in [0.717, 1.165) is 43.7 Å². The monoisotopic (exact) mass is 518 g/mol. The molecule has 3 heterocycles. The number of guanidine groups is 1. The van der Waals surface area contributed by atoms with E-state index in [-0.39, 0.29) is 47.8 Å². The molecule has 2 aliphatic heterocycles. The smallest absolute Gasteiger partial charge is 0.310 e. The second kappa shape index (κ2) is 11.2. The second-order valence-electron chi connectivity index (χ2n) is 7.91. The summed E-state index contributed by atoms with van der Waals surface area (Å²) in [4.78, 5) is 21.7. The lowest BCUT2D eigenvalue weighted by atomic mass is 9.99. The van der Waals surface area contributed by atoms with Crippen LogP contribution in [0.5, 0.6) is 0 Å². The lowest BCUT2D eigenvalue weighted by Crippen LogP contribution is -2.41. The van der Waals surface area contributed by atoms with Crippen LogP contribution in [0.2, 0.25) is 0 Å². The van der Waals surface area contributed by atoms with E-state index < -0.39 is 0 Å². The summed E-state index contributed by atoms with van der Waals surface area (Å²) in [6, 6.07) is 4.25. The lowest BCUT2D eigenvalue weighted by molar-refractivity contribution is -0.145. The molecule has 164 valence electrons. The average molecular weight is 518 g/mol. The molecule has 2 aliphatic rings. The van der Waals surface area contributed by atoms with Crippen LogP contribution in [0.15, 0.2) is 21.5 Å². The highest BCUT2D eigenvalue weighted by molar-refractivity contribution is 14.0. The molecule has 3 rings (SSSR count). The molecular weight excluding hydrogens is 483 g/mol. The summed E-state index contributed by atoms with van der Waals surface area (Å²) in [5, 5.41) is 3.40. The number of halogens is 1. The van der Waals surface area contributed by atoms with Crippen molar-refractivity contribution in [3.05, 3.63) is 23.7 Å². The van der Waals surface area contributed by atoms with E-state index in [1.54, 1.807) is 0 Å². The highest BCUT2D eigenvalue weighted by atomic mass is 127. The van der Waals surface area contributed by atoms with Gasteiger partial charge < -0.3 is 19.4 Å². The topological polar surface area (TPSA) is 70.3 Å². The van der Waals surface area contributed by atoms with E-state index in [9.17, 15) is 4.79 Å². The summed E-state index contributed by atoms with van der Waals surface area (Å²) < 4.78 is 10.9. The molecule has 0 radical (unpaired) electrons. The Morgan fingerprint density at radius 2 is 2.07 bits per heavy atom. The number of esters is 1. The van der Waals surface area contributed by atoms with E-state index in [2.05, 4.69) is 35.0 Å². The van der Waals surface area contributed by atoms with E-state index >= 15 is 0 Å². The number of nitrogens with zero attached hydrogens (tertiary/aromatic N) is 3. The molecule has 3 unspecified atom stereocenters. The number of furan rings is 1. The molecule has 1 N–H and O–H groups in total. The Hall–Kier alpha value is -1.29. The maximum atomic E-state index is 12.0. The third kappa shape index (κ3) is 5.87. The van der Waals surface area contributed by atoms with Gasteiger partial charge in [0.05, 0.1) is 25.6 Å². The van der Waals surface area contributed by atoms with E-state index in [4.69, 9.17) is 14.1 Å². The van der Waals surface area contributed by atoms with Crippen molar-refractivity contribution in [2.24, 2.45) is 16.8 Å². The summed E-state index contributed by atoms with van der Waals surface area (Å²) >= 11 is 0. The van der Waals surface area contributed by atoms with Crippen molar-refractivity contribution in [2.45, 2.75) is 39.7 Å². The molecule has 0 bridgehead atoms. The first-order chi connectivity index (χ1) is 13.5. The van der Waals surface area contributed by atoms with Gasteiger partial charge in [-0.05, 0) is 57.8 Å². The van der Waals surface area contributed by atoms with Crippen LogP contribution in [0.4, 0.5) is 0 Å². The molecule has 2 fully saturated rings. The largest absolute Gasteiger partial charge is 0.469 e. The Morgan fingerprint density at radius 3 is 2.66 bits per heavy atom. The van der Waals surface area contributed by atoms with Crippen molar-refractivity contribution in [1.29, 1.82) is 0 Å². The number of ether oxygens (including phenoxy) is 1. The average Bonchev–Trinajstić information content (AvgIpc) is 3.42. The van der Waals surface area contributed by atoms with Crippen LogP contribution in [0.3, 0.4) is 0 Å². The van der Waals surface area contributed by atoms with Crippen LogP contribution in [0.25, 0.3) is 0 Å². The molecule has 2 saturated heterocycles. The quantitative estimate of drug-likeness (QED) is 0.270. The second-order valence-corrected chi connectivity index (χ2v) is 7.91. The van der Waals surface area contributed by atoms with Crippen molar-refractivity contribution in [3.63, 3.8) is 0 Å². The minimum atomic E-state index is -0.133. The summed E-state index contributed by atoms with van der Waals surface area (Å²) in [7, 11) is 1.46. The molecular formula is C21H35IN4O3. The van der Waals surface area contributed by atoms with Crippen molar-refractivity contribution in [3.8, 4) is 0 Å². The molecule has 1 aromatic rings. The van der Waals surface area contributed by atoms with Gasteiger partial charge in [-0.1, -0.05) is 6.92 Å². The van der Waals surface area contributed by atoms with Gasteiger partial charge in [0.1, 0.15) is 11.5 Å². The number of aryl methyl sites for hydroxylation is 1. The van der Waals surface area contributed by atoms with Gasteiger partial charge in [0.15, 0.2) is 5.96 Å². The van der Waals surface area contributed by atoms with Gasteiger partial charge in [0.25, 0.3) is 0 Å². The van der Waals surface area contributed by atoms with E-state index in [1.807, 2.05) is 13.0 Å². The van der Waals surface area contributed by atoms with Crippen LogP contribution in [-0.2, 0) is 9.53 Å². The van der Waals surface area contributed by atoms with Crippen molar-refractivity contribution < 1.29 is 13.9 Å². The minimum Gasteiger partial charge on any atom is -0.469 e. The van der Waals surface area contributed by atoms with Crippen LogP contribution < -0.4 is 5.32 Å². The molecule has 3 atom stereocenters. The SMILES string of the molecule is CCNC(=NCC(c1ccc(C)o1)N1CCCC1)N1CC(C)C(C(=O)OC)C1.I. The molecule has 0 aromatic carbocycles. The first-order valence-corrected chi connectivity index (χ1v) is 10.4. The van der Waals surface area contributed by atoms with Crippen LogP contribution in [-0.4, -0.2) is 68.1 Å². The summed E-state index contributed by atoms with van der Waals surface area (Å²) in [6.45, 7) is 11.2. The fourth-order valence-electron chi connectivity index (χ4n) is 4.27. The molecule has 0 aliphatic carbocycles. The van der Waals surface area contributed by atoms with Gasteiger partial charge in [-0.3, -0.25) is 14.7 Å². The maximum absolute atomic E-state index is 12.0. The van der Waals surface area contributed by atoms with Gasteiger partial charge in [0.2, 0.25) is 0 Å². The van der Waals surface area contributed by atoms with Crippen LogP contribution in [0.1, 0.15) is 44.3 Å². The summed E-state index contributed by atoms with van der Waals surface area (Å²) in [5.41, 5.74) is 0. The Morgan fingerprint density at radius 1 is 1.34 bits per heavy atom. The number of aliphatic imine (C=N–C) groups is 1. The molecule has 0 spiro atoms. The first-order valence-electron chi connectivity index (χ1n) is 10.4. The van der Waals surface area contributed by atoms with Gasteiger partial charge in [-0.2, -0.15) is 0 Å². The number of likely N-dealkylation sites (tertiary alicyclic amines) is 2. The Labute approximate surface area is 191 Å². The zero-order valence-electron chi connectivity index (χ0n) is 18.0. The molecule has 8 heteroatoms. The predicted octanol–water partition coefficient (Wildman–Crippen LogP) is 3.05. The highest BCUT2D eigenvalue weighted by Gasteiger charge is 2.37. The predicted molar refractivity (Wildman–Crippen MR) is 125 cm³/mol. The number of rotatable bonds is 6. The Balaban J connectivity index is 0.00000300. The molecule has 0 amide bonds. The third-order valence-electron chi connectivity index (χ3n) is 5.84. The van der Waals surface area contributed by atoms with Crippen molar-refractivity contribution in [2.75, 3.05) is 46.4 Å². The number of hydrogen-bond donors (Lipinski definition) is 1. The number of nitrogens with one attached hydrogen (secondary N) is 1. The van der Waals surface area contributed by atoms with E-state index in [1.165, 1.54) is 20.0 Å². The van der Waals surface area contributed by atoms with Crippen molar-refractivity contribution >= 4 is 35.9 Å². The zero-order valence-corrected chi connectivity index (χ0v) is 20.3. The molecule has 0 saturated carbocycles. The fraction of sp³-hybridized carbons (Fsp3) is 0.714. The maximum Gasteiger partial charge on any atom is 0.310 e. The lowest BCUT2D eigenvalue weighted by Gasteiger charge is -2.26. The van der Waals surface area contributed by atoms with Crippen LogP contribution in [0, 0.1) is 18.8 Å². The van der Waals surface area contributed by atoms with Crippen molar-refractivity contribution in [1.82, 2.24) is 15.1 Å². The van der Waals surface area contributed by atoms with Crippen LogP contribution >= 0.6 is 24.0 Å². The highest BCUT2D eigenvalue weighted by Crippen LogP contribution is 2.28. The molecule has 29 heavy (non-hydrogen) atoms. The minimum absolute atomic E-state index is 0. The van der Waals surface area contributed by atoms with Gasteiger partial charge in [-0.15, -0.1) is 24.0 Å². The summed E-state index contributed by atoms with van der Waals surface area (Å²) in [5.74, 6) is 2.81. The van der Waals surface area contributed by atoms with Gasteiger partial charge in [0, 0.05) is 19.6 Å².